The average Bonchev–Trinajstić information content (AvgIpc) is 2.69. The molecule has 1 aromatic heterocycles. The number of nitrogens with one attached hydrogen (secondary N) is 1. The summed E-state index contributed by atoms with van der Waals surface area (Å²) < 4.78 is 5.06. The number of hydrogen-bond donors (Lipinski definition) is 1. The molecule has 1 aliphatic rings. The van der Waals surface area contributed by atoms with Crippen molar-refractivity contribution in [2.24, 2.45) is 4.99 Å². The van der Waals surface area contributed by atoms with Gasteiger partial charge in [-0.15, -0.1) is 24.0 Å². The van der Waals surface area contributed by atoms with E-state index in [9.17, 15) is 4.79 Å². The van der Waals surface area contributed by atoms with Crippen LogP contribution in [0.2, 0.25) is 0 Å². The van der Waals surface area contributed by atoms with E-state index in [4.69, 9.17) is 4.74 Å². The Morgan fingerprint density at radius 2 is 1.89 bits per heavy atom. The van der Waals surface area contributed by atoms with Gasteiger partial charge in [0.05, 0.1) is 18.8 Å². The predicted octanol–water partition coefficient (Wildman–Crippen LogP) is 2.70. The molecule has 0 atom stereocenters. The third-order valence-corrected chi connectivity index (χ3v) is 4.49. The van der Waals surface area contributed by atoms with E-state index in [2.05, 4.69) is 32.3 Å². The molecular weight excluding hydrogens is 457 g/mol. The Hall–Kier alpha value is -2.10. The molecule has 1 saturated heterocycles. The molecule has 146 valence electrons. The van der Waals surface area contributed by atoms with Crippen molar-refractivity contribution in [1.29, 1.82) is 0 Å². The number of piperazine rings is 1. The first kappa shape index (κ1) is 21.2. The van der Waals surface area contributed by atoms with Gasteiger partial charge < -0.3 is 19.9 Å². The van der Waals surface area contributed by atoms with E-state index in [0.29, 0.717) is 26.2 Å². The molecule has 3 rings (SSSR count). The predicted molar refractivity (Wildman–Crippen MR) is 118 cm³/mol. The Morgan fingerprint density at radius 3 is 2.59 bits per heavy atom. The van der Waals surface area contributed by atoms with Crippen LogP contribution in [-0.2, 0) is 11.3 Å². The average molecular weight is 483 g/mol. The highest BCUT2D eigenvalue weighted by atomic mass is 127. The number of carbonyl (C=O) groups excluding carboxylic acids is 1. The molecule has 0 radical (unpaired) electrons. The monoisotopic (exact) mass is 483 g/mol. The molecule has 1 fully saturated rings. The lowest BCUT2D eigenvalue weighted by molar-refractivity contribution is 0.0914. The lowest BCUT2D eigenvalue weighted by Gasteiger charge is -2.35. The molecule has 1 aliphatic heterocycles. The molecule has 2 aromatic rings. The maximum atomic E-state index is 11.8. The molecule has 7 nitrogen and oxygen atoms in total. The lowest BCUT2D eigenvalue weighted by atomic mass is 10.1. The smallest absolute Gasteiger partial charge is 0.409 e. The number of amides is 1. The minimum atomic E-state index is -0.241. The summed E-state index contributed by atoms with van der Waals surface area (Å²) in [4.78, 5) is 24.6. The van der Waals surface area contributed by atoms with Crippen LogP contribution >= 0.6 is 24.0 Å². The van der Waals surface area contributed by atoms with Crippen LogP contribution in [0.3, 0.4) is 0 Å². The Kier molecular flexibility index (Phi) is 8.08. The van der Waals surface area contributed by atoms with Crippen LogP contribution in [0, 0.1) is 0 Å². The van der Waals surface area contributed by atoms with Crippen LogP contribution in [0.25, 0.3) is 10.8 Å². The second kappa shape index (κ2) is 10.3. The van der Waals surface area contributed by atoms with Crippen molar-refractivity contribution in [3.8, 4) is 0 Å². The SMILES string of the molecule is CCOC(=O)N1CCN(C(=NC)NCc2nccc3ccccc23)CC1.I. The number of nitrogens with zero attached hydrogens (tertiary/aromatic N) is 4. The van der Waals surface area contributed by atoms with E-state index in [0.717, 1.165) is 30.1 Å². The zero-order valence-electron chi connectivity index (χ0n) is 15.7. The summed E-state index contributed by atoms with van der Waals surface area (Å²) in [6, 6.07) is 10.2. The number of halogens is 1. The van der Waals surface area contributed by atoms with Gasteiger partial charge in [0, 0.05) is 44.8 Å². The number of pyridine rings is 1. The third kappa shape index (κ3) is 5.21. The quantitative estimate of drug-likeness (QED) is 0.413. The van der Waals surface area contributed by atoms with Gasteiger partial charge in [-0.1, -0.05) is 24.3 Å². The fourth-order valence-corrected chi connectivity index (χ4v) is 3.13. The lowest BCUT2D eigenvalue weighted by Crippen LogP contribution is -2.53. The van der Waals surface area contributed by atoms with Crippen LogP contribution in [0.5, 0.6) is 0 Å². The second-order valence-electron chi connectivity index (χ2n) is 6.05. The van der Waals surface area contributed by atoms with Crippen molar-refractivity contribution in [2.45, 2.75) is 13.5 Å². The summed E-state index contributed by atoms with van der Waals surface area (Å²) >= 11 is 0. The van der Waals surface area contributed by atoms with Gasteiger partial charge in [0.25, 0.3) is 0 Å². The normalized spacial score (nSPS) is 14.7. The number of aliphatic imine (C=N–C) groups is 1. The molecule has 1 aromatic carbocycles. The van der Waals surface area contributed by atoms with Crippen LogP contribution in [-0.4, -0.2) is 66.7 Å². The molecule has 8 heteroatoms. The first-order valence-corrected chi connectivity index (χ1v) is 8.93. The molecule has 0 bridgehead atoms. The summed E-state index contributed by atoms with van der Waals surface area (Å²) in [5.41, 5.74) is 0.995. The van der Waals surface area contributed by atoms with Crippen molar-refractivity contribution in [3.05, 3.63) is 42.2 Å². The van der Waals surface area contributed by atoms with Gasteiger partial charge in [0.15, 0.2) is 5.96 Å². The number of rotatable bonds is 3. The first-order chi connectivity index (χ1) is 12.7. The summed E-state index contributed by atoms with van der Waals surface area (Å²) in [5, 5.41) is 5.72. The van der Waals surface area contributed by atoms with E-state index in [-0.39, 0.29) is 30.1 Å². The van der Waals surface area contributed by atoms with Gasteiger partial charge >= 0.3 is 6.09 Å². The third-order valence-electron chi connectivity index (χ3n) is 4.49. The highest BCUT2D eigenvalue weighted by molar-refractivity contribution is 14.0. The van der Waals surface area contributed by atoms with Gasteiger partial charge in [-0.3, -0.25) is 9.98 Å². The van der Waals surface area contributed by atoms with Crippen molar-refractivity contribution in [2.75, 3.05) is 39.8 Å². The molecule has 2 heterocycles. The van der Waals surface area contributed by atoms with Crippen LogP contribution in [0.1, 0.15) is 12.6 Å². The van der Waals surface area contributed by atoms with Gasteiger partial charge in [-0.2, -0.15) is 0 Å². The number of guanidine groups is 1. The van der Waals surface area contributed by atoms with Gasteiger partial charge in [-0.05, 0) is 18.4 Å². The standard InChI is InChI=1S/C19H25N5O2.HI/c1-3-26-19(25)24-12-10-23(11-13-24)18(20-2)22-14-17-16-7-5-4-6-15(16)8-9-21-17;/h4-9H,3,10-14H2,1-2H3,(H,20,22);1H. The largest absolute Gasteiger partial charge is 0.450 e. The number of benzene rings is 1. The minimum Gasteiger partial charge on any atom is -0.450 e. The van der Waals surface area contributed by atoms with Gasteiger partial charge in [0.2, 0.25) is 0 Å². The Labute approximate surface area is 176 Å². The van der Waals surface area contributed by atoms with Crippen molar-refractivity contribution >= 4 is 46.8 Å². The zero-order valence-corrected chi connectivity index (χ0v) is 18.1. The molecule has 1 amide bonds. The molecule has 27 heavy (non-hydrogen) atoms. The van der Waals surface area contributed by atoms with Crippen molar-refractivity contribution in [3.63, 3.8) is 0 Å². The first-order valence-electron chi connectivity index (χ1n) is 8.93. The minimum absolute atomic E-state index is 0. The topological polar surface area (TPSA) is 70.1 Å². The van der Waals surface area contributed by atoms with Gasteiger partial charge in [0.1, 0.15) is 0 Å². The van der Waals surface area contributed by atoms with Crippen molar-refractivity contribution < 1.29 is 9.53 Å². The Bertz CT molecular complexity index is 785. The maximum Gasteiger partial charge on any atom is 0.409 e. The van der Waals surface area contributed by atoms with Crippen LogP contribution in [0.15, 0.2) is 41.5 Å². The van der Waals surface area contributed by atoms with Crippen LogP contribution < -0.4 is 5.32 Å². The number of fused-ring (bicyclic) bond motifs is 1. The summed E-state index contributed by atoms with van der Waals surface area (Å²) in [7, 11) is 1.77. The van der Waals surface area contributed by atoms with E-state index >= 15 is 0 Å². The molecule has 0 spiro atoms. The highest BCUT2D eigenvalue weighted by Gasteiger charge is 2.23. The van der Waals surface area contributed by atoms with Gasteiger partial charge in [-0.25, -0.2) is 4.79 Å². The van der Waals surface area contributed by atoms with E-state index < -0.39 is 0 Å². The molecule has 0 aliphatic carbocycles. The number of ether oxygens (including phenoxy) is 1. The summed E-state index contributed by atoms with van der Waals surface area (Å²) in [6.45, 7) is 5.54. The molecule has 0 unspecified atom stereocenters. The van der Waals surface area contributed by atoms with Crippen molar-refractivity contribution in [1.82, 2.24) is 20.1 Å². The summed E-state index contributed by atoms with van der Waals surface area (Å²) in [6.07, 6.45) is 1.59. The molecular formula is C19H26IN5O2. The van der Waals surface area contributed by atoms with E-state index in [1.54, 1.807) is 11.9 Å². The van der Waals surface area contributed by atoms with E-state index in [1.165, 1.54) is 5.39 Å². The number of carbonyl (C=O) groups is 1. The summed E-state index contributed by atoms with van der Waals surface area (Å²) in [5.74, 6) is 0.822. The highest BCUT2D eigenvalue weighted by Crippen LogP contribution is 2.16. The van der Waals surface area contributed by atoms with Crippen LogP contribution in [0.4, 0.5) is 4.79 Å². The number of aromatic nitrogens is 1. The maximum absolute atomic E-state index is 11.8. The van der Waals surface area contributed by atoms with E-state index in [1.807, 2.05) is 31.3 Å². The fourth-order valence-electron chi connectivity index (χ4n) is 3.13. The Balaban J connectivity index is 0.00000261. The fraction of sp³-hybridized carbons (Fsp3) is 0.421. The Morgan fingerprint density at radius 1 is 1.19 bits per heavy atom. The number of hydrogen-bond acceptors (Lipinski definition) is 4. The zero-order chi connectivity index (χ0) is 18.4. The second-order valence-corrected chi connectivity index (χ2v) is 6.05. The molecule has 1 N–H and O–H groups in total. The molecule has 0 saturated carbocycles.